The largest absolute Gasteiger partial charge is 0.311 e. The zero-order valence-electron chi connectivity index (χ0n) is 29.4. The minimum absolute atomic E-state index is 0.465. The van der Waals surface area contributed by atoms with Gasteiger partial charge in [0.05, 0.1) is 14.1 Å². The van der Waals surface area contributed by atoms with Crippen LogP contribution in [0.3, 0.4) is 0 Å². The lowest BCUT2D eigenvalue weighted by molar-refractivity contribution is 1.27. The Kier molecular flexibility index (Phi) is 8.03. The summed E-state index contributed by atoms with van der Waals surface area (Å²) >= 11 is 0. The molecule has 0 unspecified atom stereocenters. The average Bonchev–Trinajstić information content (AvgIpc) is 3.20. The Hall–Kier alpha value is -6.71. The second kappa shape index (κ2) is 14.2. The highest BCUT2D eigenvalue weighted by Gasteiger charge is 2.15. The van der Waals surface area contributed by atoms with E-state index in [1.807, 2.05) is 78.9 Å². The first kappa shape index (κ1) is 28.3. The second-order valence-corrected chi connectivity index (χ2v) is 12.0. The molecular formula is C47H35N3. The van der Waals surface area contributed by atoms with Crippen molar-refractivity contribution in [3.8, 4) is 33.6 Å². The van der Waals surface area contributed by atoms with Crippen LogP contribution >= 0.6 is 0 Å². The molecule has 0 saturated heterocycles. The van der Waals surface area contributed by atoms with Crippen LogP contribution in [0.2, 0.25) is 0 Å². The van der Waals surface area contributed by atoms with Crippen LogP contribution in [-0.2, 0) is 0 Å². The lowest BCUT2D eigenvalue weighted by Gasteiger charge is -2.25. The molecule has 0 aliphatic heterocycles. The summed E-state index contributed by atoms with van der Waals surface area (Å²) < 4.78 is 16.5. The van der Waals surface area contributed by atoms with Crippen LogP contribution < -0.4 is 9.80 Å². The van der Waals surface area contributed by atoms with Gasteiger partial charge < -0.3 is 9.80 Å². The topological polar surface area (TPSA) is 19.4 Å². The summed E-state index contributed by atoms with van der Waals surface area (Å²) in [7, 11) is 0. The summed E-state index contributed by atoms with van der Waals surface area (Å²) in [5, 5.41) is 0. The van der Waals surface area contributed by atoms with E-state index in [1.54, 1.807) is 12.1 Å². The molecule has 0 amide bonds. The summed E-state index contributed by atoms with van der Waals surface area (Å²) in [5.74, 6) is 0. The number of pyridine rings is 1. The van der Waals surface area contributed by atoms with Crippen molar-refractivity contribution in [3.63, 3.8) is 0 Å². The van der Waals surface area contributed by atoms with E-state index in [1.165, 1.54) is 0 Å². The Morgan fingerprint density at radius 2 is 0.640 bits per heavy atom. The zero-order chi connectivity index (χ0) is 35.3. The molecule has 0 spiro atoms. The number of anilines is 6. The van der Waals surface area contributed by atoms with Gasteiger partial charge in [0.2, 0.25) is 0 Å². The van der Waals surface area contributed by atoms with Crippen molar-refractivity contribution < 1.29 is 2.74 Å². The number of aromatic nitrogens is 1. The molecule has 0 aliphatic carbocycles. The molecule has 50 heavy (non-hydrogen) atoms. The molecule has 3 heteroatoms. The zero-order valence-corrected chi connectivity index (χ0v) is 27.4. The van der Waals surface area contributed by atoms with Gasteiger partial charge in [-0.1, -0.05) is 127 Å². The van der Waals surface area contributed by atoms with Gasteiger partial charge in [-0.15, -0.1) is 0 Å². The Balaban J connectivity index is 1.18. The Labute approximate surface area is 296 Å². The molecule has 0 saturated carbocycles. The molecular weight excluding hydrogens is 607 g/mol. The fourth-order valence-electron chi connectivity index (χ4n) is 6.28. The van der Waals surface area contributed by atoms with Gasteiger partial charge in [0.1, 0.15) is 0 Å². The van der Waals surface area contributed by atoms with E-state index in [-0.39, 0.29) is 0 Å². The van der Waals surface area contributed by atoms with Gasteiger partial charge in [0.25, 0.3) is 0 Å². The van der Waals surface area contributed by atoms with Crippen LogP contribution in [-0.4, -0.2) is 4.98 Å². The van der Waals surface area contributed by atoms with E-state index in [0.29, 0.717) is 12.1 Å². The van der Waals surface area contributed by atoms with E-state index in [4.69, 9.17) is 7.73 Å². The third-order valence-electron chi connectivity index (χ3n) is 8.70. The molecule has 1 aromatic heterocycles. The van der Waals surface area contributed by atoms with Gasteiger partial charge in [-0.25, -0.2) is 4.98 Å². The van der Waals surface area contributed by atoms with Gasteiger partial charge in [-0.3, -0.25) is 0 Å². The number of hydrogen-bond acceptors (Lipinski definition) is 3. The highest BCUT2D eigenvalue weighted by Crippen LogP contribution is 2.38. The summed E-state index contributed by atoms with van der Waals surface area (Å²) in [5.41, 5.74) is 11.9. The van der Waals surface area contributed by atoms with Gasteiger partial charge in [-0.2, -0.15) is 0 Å². The van der Waals surface area contributed by atoms with Gasteiger partial charge in [0, 0.05) is 45.3 Å². The summed E-state index contributed by atoms with van der Waals surface area (Å²) in [6, 6.07) is 68.4. The third-order valence-corrected chi connectivity index (χ3v) is 8.70. The quantitative estimate of drug-likeness (QED) is 0.156. The van der Waals surface area contributed by atoms with Crippen LogP contribution in [0, 0.1) is 0 Å². The fraction of sp³-hybridized carbons (Fsp3) is 0. The summed E-state index contributed by atoms with van der Waals surface area (Å²) in [6.45, 7) is 0. The van der Waals surface area contributed by atoms with Gasteiger partial charge >= 0.3 is 0 Å². The molecule has 0 atom stereocenters. The SMILES string of the molecule is [3H]c1cccc(N(c2ccccc2)c2ccc(-c3cc(-c4ccccc4)cc(-c4ccc(N(c5ccccc5)c5cccc([3H])c5)cc4)n3)cc2)c1. The van der Waals surface area contributed by atoms with Crippen LogP contribution in [0.5, 0.6) is 0 Å². The summed E-state index contributed by atoms with van der Waals surface area (Å²) in [4.78, 5) is 9.56. The maximum atomic E-state index is 8.26. The van der Waals surface area contributed by atoms with E-state index < -0.39 is 0 Å². The van der Waals surface area contributed by atoms with E-state index in [2.05, 4.69) is 119 Å². The molecule has 7 aromatic carbocycles. The number of hydrogen-bond donors (Lipinski definition) is 0. The van der Waals surface area contributed by atoms with Crippen LogP contribution in [0.4, 0.5) is 34.1 Å². The first-order valence-corrected chi connectivity index (χ1v) is 16.7. The maximum Gasteiger partial charge on any atom is 0.0715 e. The molecule has 0 bridgehead atoms. The summed E-state index contributed by atoms with van der Waals surface area (Å²) in [6.07, 6.45) is 0. The molecule has 1 heterocycles. The maximum absolute atomic E-state index is 8.26. The lowest BCUT2D eigenvalue weighted by Crippen LogP contribution is -2.09. The van der Waals surface area contributed by atoms with Crippen molar-refractivity contribution in [2.24, 2.45) is 0 Å². The number of para-hydroxylation sites is 4. The molecule has 8 rings (SSSR count). The van der Waals surface area contributed by atoms with Gasteiger partial charge in [-0.05, 0) is 96.1 Å². The first-order chi connectivity index (χ1) is 25.6. The second-order valence-electron chi connectivity index (χ2n) is 12.0. The molecule has 0 fully saturated rings. The Morgan fingerprint density at radius 1 is 0.300 bits per heavy atom. The molecule has 8 aromatic rings. The monoisotopic (exact) mass is 645 g/mol. The van der Waals surface area contributed by atoms with Crippen molar-refractivity contribution in [1.29, 1.82) is 0 Å². The molecule has 0 N–H and O–H groups in total. The number of nitrogens with zero attached hydrogens (tertiary/aromatic N) is 3. The van der Waals surface area contributed by atoms with Crippen molar-refractivity contribution >= 4 is 34.1 Å². The van der Waals surface area contributed by atoms with Crippen molar-refractivity contribution in [1.82, 2.24) is 4.98 Å². The van der Waals surface area contributed by atoms with Gasteiger partial charge in [0.15, 0.2) is 0 Å². The minimum atomic E-state index is 0.465. The van der Waals surface area contributed by atoms with Crippen molar-refractivity contribution in [3.05, 3.63) is 212 Å². The predicted octanol–water partition coefficient (Wildman–Crippen LogP) is 13.0. The third kappa shape index (κ3) is 6.53. The average molecular weight is 646 g/mol. The molecule has 0 radical (unpaired) electrons. The predicted molar refractivity (Wildman–Crippen MR) is 210 cm³/mol. The highest BCUT2D eigenvalue weighted by molar-refractivity contribution is 5.82. The minimum Gasteiger partial charge on any atom is -0.311 e. The van der Waals surface area contributed by atoms with Crippen molar-refractivity contribution in [2.45, 2.75) is 0 Å². The molecule has 238 valence electrons. The van der Waals surface area contributed by atoms with Crippen molar-refractivity contribution in [2.75, 3.05) is 9.80 Å². The number of rotatable bonds is 9. The Morgan fingerprint density at radius 3 is 1.04 bits per heavy atom. The fourth-order valence-corrected chi connectivity index (χ4v) is 6.28. The normalized spacial score (nSPS) is 11.4. The smallest absolute Gasteiger partial charge is 0.0715 e. The molecule has 0 aliphatic rings. The lowest BCUT2D eigenvalue weighted by atomic mass is 9.99. The van der Waals surface area contributed by atoms with E-state index >= 15 is 0 Å². The van der Waals surface area contributed by atoms with E-state index in [0.717, 1.165) is 67.8 Å². The van der Waals surface area contributed by atoms with Crippen LogP contribution in [0.15, 0.2) is 212 Å². The Bertz CT molecular complexity index is 2270. The molecule has 3 nitrogen and oxygen atoms in total. The van der Waals surface area contributed by atoms with Crippen LogP contribution in [0.25, 0.3) is 33.6 Å². The highest BCUT2D eigenvalue weighted by atomic mass is 15.1. The standard InChI is InChI=1S/C47H35N3/c1-6-16-36(17-7-1)39-34-46(37-26-30-44(31-27-37)49(40-18-8-2-9-19-40)41-20-10-3-11-21-41)48-47(35-39)38-28-32-45(33-29-38)50(42-22-12-4-13-23-42)43-24-14-5-15-25-43/h1-35H/i8T,12T. The van der Waals surface area contributed by atoms with Crippen LogP contribution in [0.1, 0.15) is 2.74 Å². The number of benzene rings is 7. The first-order valence-electron chi connectivity index (χ1n) is 17.7. The van der Waals surface area contributed by atoms with E-state index in [9.17, 15) is 0 Å².